The first kappa shape index (κ1) is 24.1. The van der Waals surface area contributed by atoms with Crippen LogP contribution < -0.4 is 5.32 Å². The summed E-state index contributed by atoms with van der Waals surface area (Å²) in [5, 5.41) is 15.9. The molecule has 178 valence electrons. The van der Waals surface area contributed by atoms with Crippen molar-refractivity contribution < 1.29 is 27.9 Å². The Hall–Kier alpha value is -1.99. The monoisotopic (exact) mass is 511 g/mol. The fourth-order valence-corrected chi connectivity index (χ4v) is 6.63. The Morgan fingerprint density at radius 3 is 2.76 bits per heavy atom. The average molecular weight is 512 g/mol. The van der Waals surface area contributed by atoms with Crippen molar-refractivity contribution in [1.82, 2.24) is 4.98 Å². The van der Waals surface area contributed by atoms with Gasteiger partial charge in [0.1, 0.15) is 0 Å². The van der Waals surface area contributed by atoms with E-state index >= 15 is 0 Å². The summed E-state index contributed by atoms with van der Waals surface area (Å²) >= 11 is 2.88. The van der Waals surface area contributed by atoms with E-state index in [4.69, 9.17) is 14.7 Å². The fraction of sp³-hybridized carbons (Fsp3) is 0.476. The van der Waals surface area contributed by atoms with E-state index in [2.05, 4.69) is 15.5 Å². The van der Waals surface area contributed by atoms with Crippen LogP contribution in [0, 0.1) is 0 Å². The average Bonchev–Trinajstić information content (AvgIpc) is 3.39. The molecule has 0 radical (unpaired) electrons. The van der Waals surface area contributed by atoms with E-state index in [1.165, 1.54) is 23.5 Å². The lowest BCUT2D eigenvalue weighted by atomic mass is 10.1. The molecule has 2 fully saturated rings. The predicted molar refractivity (Wildman–Crippen MR) is 127 cm³/mol. The number of thiazole rings is 1. The zero-order chi connectivity index (χ0) is 23.3. The van der Waals surface area contributed by atoms with Crippen molar-refractivity contribution in [1.29, 1.82) is 0 Å². The first-order chi connectivity index (χ1) is 16.0. The van der Waals surface area contributed by atoms with Crippen molar-refractivity contribution in [2.75, 3.05) is 30.9 Å². The molecule has 9 nitrogen and oxygen atoms in total. The molecule has 1 aromatic heterocycles. The van der Waals surface area contributed by atoms with Gasteiger partial charge in [-0.25, -0.2) is 13.4 Å². The van der Waals surface area contributed by atoms with E-state index in [1.807, 2.05) is 0 Å². The Balaban J connectivity index is 1.50. The number of carbonyl (C=O) groups excluding carboxylic acids is 1. The Morgan fingerprint density at radius 1 is 1.30 bits per heavy atom. The number of aliphatic hydroxyl groups excluding tert-OH is 1. The number of benzene rings is 1. The molecule has 12 heteroatoms. The van der Waals surface area contributed by atoms with Crippen LogP contribution in [0.25, 0.3) is 0 Å². The van der Waals surface area contributed by atoms with E-state index in [0.717, 1.165) is 9.96 Å². The zero-order valence-corrected chi connectivity index (χ0v) is 20.3. The highest BCUT2D eigenvalue weighted by molar-refractivity contribution is 8.01. The SMILES string of the molecule is O=C(Nc1ncc(SCCCO)s1)C(=NO[C@@H]1CCOC1)c1ccc(S(=O)(=O)C2CC2)cc1. The maximum Gasteiger partial charge on any atom is 0.280 e. The van der Waals surface area contributed by atoms with Crippen LogP contribution in [0.3, 0.4) is 0 Å². The number of sulfone groups is 1. The second kappa shape index (κ2) is 11.0. The number of hydrogen-bond acceptors (Lipinski definition) is 10. The number of rotatable bonds is 11. The Morgan fingerprint density at radius 2 is 2.09 bits per heavy atom. The third-order valence-corrected chi connectivity index (χ3v) is 9.54. The summed E-state index contributed by atoms with van der Waals surface area (Å²) in [7, 11) is -3.32. The second-order valence-electron chi connectivity index (χ2n) is 7.66. The lowest BCUT2D eigenvalue weighted by Crippen LogP contribution is -2.25. The first-order valence-corrected chi connectivity index (χ1v) is 14.0. The van der Waals surface area contributed by atoms with Crippen molar-refractivity contribution in [3.63, 3.8) is 0 Å². The second-order valence-corrected chi connectivity index (χ2v) is 12.3. The molecule has 0 bridgehead atoms. The molecule has 1 saturated carbocycles. The summed E-state index contributed by atoms with van der Waals surface area (Å²) < 4.78 is 31.2. The fourth-order valence-electron chi connectivity index (χ4n) is 3.10. The Bertz CT molecular complexity index is 1090. The molecule has 1 aromatic carbocycles. The third-order valence-electron chi connectivity index (χ3n) is 5.07. The lowest BCUT2D eigenvalue weighted by Gasteiger charge is -2.10. The summed E-state index contributed by atoms with van der Waals surface area (Å²) in [6.45, 7) is 1.10. The Labute approximate surface area is 200 Å². The third kappa shape index (κ3) is 6.33. The van der Waals surface area contributed by atoms with Gasteiger partial charge in [0.05, 0.1) is 33.8 Å². The van der Waals surface area contributed by atoms with Crippen molar-refractivity contribution in [3.05, 3.63) is 36.0 Å². The van der Waals surface area contributed by atoms with Crippen LogP contribution in [0.2, 0.25) is 0 Å². The summed E-state index contributed by atoms with van der Waals surface area (Å²) in [5.41, 5.74) is 0.470. The standard InChI is InChI=1S/C21H25N3O6S3/c25-9-1-11-31-18-12-22-21(32-18)23-20(26)19(24-30-15-8-10-29-13-15)14-2-4-16(5-3-14)33(27,28)17-6-7-17/h2-5,12,15,17,25H,1,6-11,13H2,(H,22,23,26)/t15-/m1/s1. The van der Waals surface area contributed by atoms with Gasteiger partial charge in [-0.05, 0) is 31.4 Å². The van der Waals surface area contributed by atoms with E-state index in [1.54, 1.807) is 30.1 Å². The molecule has 1 aliphatic carbocycles. The first-order valence-electron chi connectivity index (χ1n) is 10.6. The molecule has 0 unspecified atom stereocenters. The summed E-state index contributed by atoms with van der Waals surface area (Å²) in [6, 6.07) is 6.15. The molecule has 2 N–H and O–H groups in total. The van der Waals surface area contributed by atoms with Crippen molar-refractivity contribution in [2.45, 2.75) is 46.1 Å². The van der Waals surface area contributed by atoms with Crippen molar-refractivity contribution >= 4 is 49.7 Å². The highest BCUT2D eigenvalue weighted by atomic mass is 32.2. The van der Waals surface area contributed by atoms with Gasteiger partial charge in [0.25, 0.3) is 5.91 Å². The number of anilines is 1. The van der Waals surface area contributed by atoms with E-state index < -0.39 is 15.7 Å². The number of thioether (sulfide) groups is 1. The molecule has 1 aliphatic heterocycles. The topological polar surface area (TPSA) is 127 Å². The molecule has 2 aromatic rings. The lowest BCUT2D eigenvalue weighted by molar-refractivity contribution is -0.110. The number of nitrogens with zero attached hydrogens (tertiary/aromatic N) is 2. The van der Waals surface area contributed by atoms with Gasteiger partial charge < -0.3 is 14.7 Å². The summed E-state index contributed by atoms with van der Waals surface area (Å²) in [5.74, 6) is 0.250. The van der Waals surface area contributed by atoms with E-state index in [9.17, 15) is 13.2 Å². The molecule has 33 heavy (non-hydrogen) atoms. The molecule has 1 amide bonds. The maximum absolute atomic E-state index is 13.0. The largest absolute Gasteiger partial charge is 0.396 e. The highest BCUT2D eigenvalue weighted by Gasteiger charge is 2.36. The van der Waals surface area contributed by atoms with Gasteiger partial charge in [-0.15, -0.1) is 11.8 Å². The van der Waals surface area contributed by atoms with Gasteiger partial charge in [-0.1, -0.05) is 28.6 Å². The smallest absolute Gasteiger partial charge is 0.280 e. The summed E-state index contributed by atoms with van der Waals surface area (Å²) in [4.78, 5) is 23.0. The van der Waals surface area contributed by atoms with Crippen LogP contribution in [-0.4, -0.2) is 67.1 Å². The normalized spacial score (nSPS) is 18.9. The van der Waals surface area contributed by atoms with Crippen LogP contribution in [-0.2, 0) is 24.2 Å². The Kier molecular flexibility index (Phi) is 8.02. The molecular formula is C21H25N3O6S3. The molecule has 2 heterocycles. The molecule has 1 saturated heterocycles. The van der Waals surface area contributed by atoms with Crippen LogP contribution in [0.1, 0.15) is 31.2 Å². The van der Waals surface area contributed by atoms with E-state index in [0.29, 0.717) is 49.6 Å². The van der Waals surface area contributed by atoms with Crippen LogP contribution in [0.5, 0.6) is 0 Å². The molecule has 1 atom stereocenters. The number of hydrogen-bond donors (Lipinski definition) is 2. The number of nitrogens with one attached hydrogen (secondary N) is 1. The van der Waals surface area contributed by atoms with Gasteiger partial charge in [-0.2, -0.15) is 0 Å². The van der Waals surface area contributed by atoms with Gasteiger partial charge >= 0.3 is 0 Å². The van der Waals surface area contributed by atoms with Gasteiger partial charge in [-0.3, -0.25) is 10.1 Å². The summed E-state index contributed by atoms with van der Waals surface area (Å²) in [6.07, 6.45) is 4.16. The van der Waals surface area contributed by atoms with Gasteiger partial charge in [0.15, 0.2) is 26.8 Å². The van der Waals surface area contributed by atoms with Crippen LogP contribution in [0.15, 0.2) is 44.7 Å². The number of oxime groups is 1. The minimum absolute atomic E-state index is 0.0296. The minimum Gasteiger partial charge on any atom is -0.396 e. The van der Waals surface area contributed by atoms with Crippen molar-refractivity contribution in [2.24, 2.45) is 5.16 Å². The number of aromatic nitrogens is 1. The maximum atomic E-state index is 13.0. The minimum atomic E-state index is -3.32. The highest BCUT2D eigenvalue weighted by Crippen LogP contribution is 2.33. The molecule has 4 rings (SSSR count). The molecular weight excluding hydrogens is 486 g/mol. The molecule has 2 aliphatic rings. The number of amides is 1. The predicted octanol–water partition coefficient (Wildman–Crippen LogP) is 2.70. The van der Waals surface area contributed by atoms with Crippen LogP contribution in [0.4, 0.5) is 5.13 Å². The number of carbonyl (C=O) groups is 1. The van der Waals surface area contributed by atoms with Gasteiger partial charge in [0, 0.05) is 24.3 Å². The number of ether oxygens (including phenoxy) is 1. The zero-order valence-electron chi connectivity index (χ0n) is 17.8. The molecule has 0 spiro atoms. The number of aliphatic hydroxyl groups is 1. The van der Waals surface area contributed by atoms with E-state index in [-0.39, 0.29) is 28.6 Å². The van der Waals surface area contributed by atoms with Crippen LogP contribution >= 0.6 is 23.1 Å². The van der Waals surface area contributed by atoms with Gasteiger partial charge in [0.2, 0.25) is 0 Å². The quantitative estimate of drug-likeness (QED) is 0.204. The van der Waals surface area contributed by atoms with Crippen molar-refractivity contribution in [3.8, 4) is 0 Å².